The molecule has 18 heavy (non-hydrogen) atoms. The molecule has 0 aliphatic carbocycles. The standard InChI is InChI=1S/C14H23BN2O/c1-10(2)8-13(16-3)14(18)17-12-6-4-11(9-15)5-7-12/h4-7,10,13,16H,8-9,15H2,1-3H3,(H,17,18)/t13-/m1/s1. The maximum Gasteiger partial charge on any atom is 0.241 e. The van der Waals surface area contributed by atoms with Gasteiger partial charge in [-0.15, -0.1) is 0 Å². The molecule has 0 aliphatic heterocycles. The van der Waals surface area contributed by atoms with E-state index in [0.29, 0.717) is 5.92 Å². The van der Waals surface area contributed by atoms with Crippen LogP contribution in [0.15, 0.2) is 24.3 Å². The highest BCUT2D eigenvalue weighted by molar-refractivity contribution is 6.08. The molecular formula is C14H23BN2O. The van der Waals surface area contributed by atoms with Crippen LogP contribution in [0.25, 0.3) is 0 Å². The van der Waals surface area contributed by atoms with Crippen LogP contribution in [-0.2, 0) is 11.1 Å². The highest BCUT2D eigenvalue weighted by Gasteiger charge is 2.17. The summed E-state index contributed by atoms with van der Waals surface area (Å²) >= 11 is 0. The van der Waals surface area contributed by atoms with Crippen LogP contribution in [0.5, 0.6) is 0 Å². The predicted molar refractivity (Wildman–Crippen MR) is 79.6 cm³/mol. The molecule has 98 valence electrons. The lowest BCUT2D eigenvalue weighted by atomic mass is 9.97. The Kier molecular flexibility index (Phi) is 5.92. The van der Waals surface area contributed by atoms with Gasteiger partial charge in [-0.1, -0.05) is 37.9 Å². The van der Waals surface area contributed by atoms with Gasteiger partial charge in [-0.05, 0) is 31.5 Å². The van der Waals surface area contributed by atoms with Crippen LogP contribution >= 0.6 is 0 Å². The normalized spacial score (nSPS) is 12.4. The Morgan fingerprint density at radius 3 is 2.33 bits per heavy atom. The van der Waals surface area contributed by atoms with E-state index in [-0.39, 0.29) is 11.9 Å². The van der Waals surface area contributed by atoms with E-state index in [0.717, 1.165) is 18.4 Å². The third-order valence-corrected chi connectivity index (χ3v) is 3.00. The van der Waals surface area contributed by atoms with Gasteiger partial charge in [0.25, 0.3) is 0 Å². The monoisotopic (exact) mass is 246 g/mol. The van der Waals surface area contributed by atoms with E-state index in [1.54, 1.807) is 0 Å². The van der Waals surface area contributed by atoms with Crippen molar-refractivity contribution in [2.24, 2.45) is 5.92 Å². The van der Waals surface area contributed by atoms with Crippen molar-refractivity contribution in [2.75, 3.05) is 12.4 Å². The summed E-state index contributed by atoms with van der Waals surface area (Å²) in [4.78, 5) is 12.1. The van der Waals surface area contributed by atoms with E-state index in [2.05, 4.69) is 32.3 Å². The number of hydrogen-bond acceptors (Lipinski definition) is 2. The van der Waals surface area contributed by atoms with E-state index < -0.39 is 0 Å². The number of carbonyl (C=O) groups excluding carboxylic acids is 1. The zero-order valence-electron chi connectivity index (χ0n) is 11.8. The first-order valence-corrected chi connectivity index (χ1v) is 6.63. The number of nitrogens with one attached hydrogen (secondary N) is 2. The molecule has 0 saturated heterocycles. The summed E-state index contributed by atoms with van der Waals surface area (Å²) in [5.41, 5.74) is 2.14. The zero-order valence-corrected chi connectivity index (χ0v) is 11.8. The molecule has 1 aromatic carbocycles. The van der Waals surface area contributed by atoms with Crippen molar-refractivity contribution in [3.63, 3.8) is 0 Å². The molecule has 0 aromatic heterocycles. The van der Waals surface area contributed by atoms with Gasteiger partial charge < -0.3 is 10.6 Å². The lowest BCUT2D eigenvalue weighted by Gasteiger charge is -2.18. The minimum atomic E-state index is -0.129. The maximum absolute atomic E-state index is 12.1. The van der Waals surface area contributed by atoms with Crippen molar-refractivity contribution in [2.45, 2.75) is 32.6 Å². The number of anilines is 1. The SMILES string of the molecule is BCc1ccc(NC(=O)[C@@H](CC(C)C)NC)cc1. The number of carbonyl (C=O) groups is 1. The topological polar surface area (TPSA) is 41.1 Å². The number of amides is 1. The van der Waals surface area contributed by atoms with Crippen molar-refractivity contribution < 1.29 is 4.79 Å². The van der Waals surface area contributed by atoms with Crippen LogP contribution < -0.4 is 10.6 Å². The van der Waals surface area contributed by atoms with Crippen LogP contribution in [0.3, 0.4) is 0 Å². The summed E-state index contributed by atoms with van der Waals surface area (Å²) in [6.45, 7) is 4.24. The van der Waals surface area contributed by atoms with Crippen molar-refractivity contribution in [1.29, 1.82) is 0 Å². The molecule has 0 saturated carbocycles. The average molecular weight is 246 g/mol. The van der Waals surface area contributed by atoms with Gasteiger partial charge in [-0.25, -0.2) is 0 Å². The van der Waals surface area contributed by atoms with Crippen LogP contribution in [0.4, 0.5) is 5.69 Å². The molecule has 1 aromatic rings. The molecule has 0 bridgehead atoms. The lowest BCUT2D eigenvalue weighted by Crippen LogP contribution is -2.39. The largest absolute Gasteiger partial charge is 0.325 e. The van der Waals surface area contributed by atoms with E-state index in [4.69, 9.17) is 0 Å². The van der Waals surface area contributed by atoms with Gasteiger partial charge in [0.15, 0.2) is 0 Å². The first-order valence-electron chi connectivity index (χ1n) is 6.63. The smallest absolute Gasteiger partial charge is 0.241 e. The van der Waals surface area contributed by atoms with E-state index in [1.807, 2.05) is 31.3 Å². The van der Waals surface area contributed by atoms with Gasteiger partial charge in [-0.2, -0.15) is 0 Å². The molecule has 4 heteroatoms. The summed E-state index contributed by atoms with van der Waals surface area (Å²) in [6.07, 6.45) is 1.86. The Balaban J connectivity index is 2.61. The van der Waals surface area contributed by atoms with Gasteiger partial charge in [0.2, 0.25) is 5.91 Å². The van der Waals surface area contributed by atoms with Crippen LogP contribution in [0.1, 0.15) is 25.8 Å². The second-order valence-electron chi connectivity index (χ2n) is 5.01. The summed E-state index contributed by atoms with van der Waals surface area (Å²) in [6, 6.07) is 7.88. The van der Waals surface area contributed by atoms with Crippen LogP contribution in [-0.4, -0.2) is 26.8 Å². The molecule has 1 atom stereocenters. The van der Waals surface area contributed by atoms with E-state index in [1.165, 1.54) is 5.56 Å². The van der Waals surface area contributed by atoms with Crippen molar-refractivity contribution >= 4 is 19.4 Å². The Bertz CT molecular complexity index is 376. The number of likely N-dealkylation sites (N-methyl/N-ethyl adjacent to an activating group) is 1. The highest BCUT2D eigenvalue weighted by Crippen LogP contribution is 2.11. The quantitative estimate of drug-likeness (QED) is 0.745. The maximum atomic E-state index is 12.1. The van der Waals surface area contributed by atoms with Crippen molar-refractivity contribution in [1.82, 2.24) is 5.32 Å². The number of hydrogen-bond donors (Lipinski definition) is 2. The molecule has 0 aliphatic rings. The molecule has 0 heterocycles. The molecule has 0 fully saturated rings. The first kappa shape index (κ1) is 14.8. The highest BCUT2D eigenvalue weighted by atomic mass is 16.2. The molecular weight excluding hydrogens is 223 g/mol. The van der Waals surface area contributed by atoms with Crippen molar-refractivity contribution in [3.8, 4) is 0 Å². The van der Waals surface area contributed by atoms with Gasteiger partial charge >= 0.3 is 0 Å². The number of rotatable bonds is 6. The predicted octanol–water partition coefficient (Wildman–Crippen LogP) is 1.39. The minimum Gasteiger partial charge on any atom is -0.325 e. The fourth-order valence-corrected chi connectivity index (χ4v) is 1.88. The molecule has 3 nitrogen and oxygen atoms in total. The van der Waals surface area contributed by atoms with Crippen molar-refractivity contribution in [3.05, 3.63) is 29.8 Å². The zero-order chi connectivity index (χ0) is 13.5. The third-order valence-electron chi connectivity index (χ3n) is 3.00. The van der Waals surface area contributed by atoms with Gasteiger partial charge in [0.1, 0.15) is 7.85 Å². The minimum absolute atomic E-state index is 0.0375. The van der Waals surface area contributed by atoms with E-state index in [9.17, 15) is 4.79 Å². The van der Waals surface area contributed by atoms with E-state index >= 15 is 0 Å². The molecule has 2 N–H and O–H groups in total. The summed E-state index contributed by atoms with van der Waals surface area (Å²) in [5.74, 6) is 0.533. The summed E-state index contributed by atoms with van der Waals surface area (Å²) in [7, 11) is 3.94. The molecule has 1 amide bonds. The second kappa shape index (κ2) is 7.22. The third kappa shape index (κ3) is 4.53. The van der Waals surface area contributed by atoms with Gasteiger partial charge in [0.05, 0.1) is 6.04 Å². The number of benzene rings is 1. The second-order valence-corrected chi connectivity index (χ2v) is 5.01. The Morgan fingerprint density at radius 2 is 1.89 bits per heavy atom. The van der Waals surface area contributed by atoms with Crippen LogP contribution in [0.2, 0.25) is 0 Å². The summed E-state index contributed by atoms with van der Waals surface area (Å²) in [5, 5.41) is 6.01. The summed E-state index contributed by atoms with van der Waals surface area (Å²) < 4.78 is 0. The Morgan fingerprint density at radius 1 is 1.28 bits per heavy atom. The molecule has 0 radical (unpaired) electrons. The lowest BCUT2D eigenvalue weighted by molar-refractivity contribution is -0.118. The fraction of sp³-hybridized carbons (Fsp3) is 0.500. The molecule has 0 spiro atoms. The molecule has 0 unspecified atom stereocenters. The first-order chi connectivity index (χ1) is 8.56. The van der Waals surface area contributed by atoms with Gasteiger partial charge in [0, 0.05) is 5.69 Å². The van der Waals surface area contributed by atoms with Crippen LogP contribution in [0, 0.1) is 5.92 Å². The Hall–Kier alpha value is -1.29. The molecule has 1 rings (SSSR count). The fourth-order valence-electron chi connectivity index (χ4n) is 1.88. The Labute approximate surface area is 111 Å². The average Bonchev–Trinajstić information content (AvgIpc) is 2.36. The van der Waals surface area contributed by atoms with Gasteiger partial charge in [-0.3, -0.25) is 4.79 Å².